The second kappa shape index (κ2) is 17.3. The Morgan fingerprint density at radius 1 is 1.00 bits per heavy atom. The highest BCUT2D eigenvalue weighted by molar-refractivity contribution is 6.43. The Kier molecular flexibility index (Phi) is 16.2. The second-order valence-electron chi connectivity index (χ2n) is 8.22. The van der Waals surface area contributed by atoms with E-state index in [-0.39, 0.29) is 33.0 Å². The largest absolute Gasteiger partial charge is 0.456 e. The number of aryl methyl sites for hydroxylation is 1. The molecule has 0 saturated carbocycles. The van der Waals surface area contributed by atoms with Gasteiger partial charge in [-0.2, -0.15) is 0 Å². The van der Waals surface area contributed by atoms with E-state index in [2.05, 4.69) is 10.3 Å². The summed E-state index contributed by atoms with van der Waals surface area (Å²) in [5, 5.41) is 4.08. The van der Waals surface area contributed by atoms with E-state index in [9.17, 15) is 9.59 Å². The number of likely N-dealkylation sites (tertiary alicyclic amines) is 1. The van der Waals surface area contributed by atoms with Crippen molar-refractivity contribution in [1.29, 1.82) is 0 Å². The highest BCUT2D eigenvalue weighted by Crippen LogP contribution is 2.36. The van der Waals surface area contributed by atoms with Crippen LogP contribution in [0.15, 0.2) is 30.5 Å². The number of carbonyl (C=O) groups is 2. The molecule has 2 fully saturated rings. The van der Waals surface area contributed by atoms with Crippen LogP contribution in [0.3, 0.4) is 0 Å². The van der Waals surface area contributed by atoms with E-state index in [0.29, 0.717) is 27.2 Å². The zero-order valence-corrected chi connectivity index (χ0v) is 21.1. The van der Waals surface area contributed by atoms with Crippen molar-refractivity contribution in [3.8, 4) is 11.5 Å². The van der Waals surface area contributed by atoms with Crippen molar-refractivity contribution in [2.45, 2.75) is 67.7 Å². The second-order valence-corrected chi connectivity index (χ2v) is 8.98. The van der Waals surface area contributed by atoms with Gasteiger partial charge in [-0.25, -0.2) is 0 Å². The van der Waals surface area contributed by atoms with Crippen LogP contribution in [0.25, 0.3) is 0 Å². The van der Waals surface area contributed by atoms with Crippen LogP contribution in [0.1, 0.15) is 65.6 Å². The van der Waals surface area contributed by atoms with Crippen LogP contribution in [-0.2, 0) is 16.0 Å². The Bertz CT molecular complexity index is 916. The Labute approximate surface area is 221 Å². The molecule has 35 heavy (non-hydrogen) atoms. The number of ketones is 1. The lowest BCUT2D eigenvalue weighted by Gasteiger charge is -2.15. The maximum Gasteiger partial charge on any atom is 0.228 e. The van der Waals surface area contributed by atoms with Crippen molar-refractivity contribution < 1.29 is 14.3 Å². The topological polar surface area (TPSA) is 71.5 Å². The van der Waals surface area contributed by atoms with Crippen LogP contribution >= 0.6 is 23.2 Å². The summed E-state index contributed by atoms with van der Waals surface area (Å²) < 4.78 is 5.81. The molecule has 2 aromatic rings. The molecular weight excluding hydrogens is 485 g/mol. The number of Topliss-reactive ketones (excluding diaryl/α,β-unsaturated/α-hetero) is 1. The fourth-order valence-corrected chi connectivity index (χ4v) is 3.72. The van der Waals surface area contributed by atoms with Gasteiger partial charge in [0.2, 0.25) is 5.91 Å². The smallest absolute Gasteiger partial charge is 0.228 e. The van der Waals surface area contributed by atoms with Crippen LogP contribution in [-0.4, -0.2) is 47.8 Å². The first-order valence-electron chi connectivity index (χ1n) is 11.3. The van der Waals surface area contributed by atoms with Gasteiger partial charge in [0.1, 0.15) is 22.3 Å². The Morgan fingerprint density at radius 2 is 1.60 bits per heavy atom. The molecule has 2 saturated heterocycles. The molecule has 0 spiro atoms. The highest BCUT2D eigenvalue weighted by atomic mass is 35.5. The number of pyridine rings is 1. The van der Waals surface area contributed by atoms with E-state index >= 15 is 0 Å². The first-order valence-corrected chi connectivity index (χ1v) is 12.1. The van der Waals surface area contributed by atoms with Crippen molar-refractivity contribution >= 4 is 34.9 Å². The molecule has 4 rings (SSSR count). The van der Waals surface area contributed by atoms with Crippen LogP contribution in [0.4, 0.5) is 0 Å². The van der Waals surface area contributed by atoms with Crippen molar-refractivity contribution in [3.05, 3.63) is 51.8 Å². The fraction of sp³-hybridized carbons (Fsp3) is 0.519. The first-order chi connectivity index (χ1) is 15.8. The summed E-state index contributed by atoms with van der Waals surface area (Å²) in [5.41, 5.74) is 1.57. The molecule has 2 aliphatic heterocycles. The molecular formula is C27H41Cl2N3O3. The van der Waals surface area contributed by atoms with Crippen LogP contribution in [0, 0.1) is 6.92 Å². The molecule has 2 aliphatic rings. The number of carbonyl (C=O) groups excluding carboxylic acids is 2. The molecule has 196 valence electrons. The van der Waals surface area contributed by atoms with Crippen molar-refractivity contribution in [3.63, 3.8) is 0 Å². The van der Waals surface area contributed by atoms with Crippen LogP contribution in [0.2, 0.25) is 10.0 Å². The zero-order chi connectivity index (χ0) is 24.2. The van der Waals surface area contributed by atoms with Gasteiger partial charge in [-0.15, -0.1) is 0 Å². The molecule has 0 unspecified atom stereocenters. The number of ether oxygens (including phenoxy) is 1. The van der Waals surface area contributed by atoms with Gasteiger partial charge in [0.15, 0.2) is 0 Å². The summed E-state index contributed by atoms with van der Waals surface area (Å²) in [4.78, 5) is 27.8. The van der Waals surface area contributed by atoms with Crippen LogP contribution < -0.4 is 10.1 Å². The number of halogens is 2. The number of hydrogen-bond acceptors (Lipinski definition) is 5. The highest BCUT2D eigenvalue weighted by Gasteiger charge is 2.18. The molecule has 1 amide bonds. The van der Waals surface area contributed by atoms with Gasteiger partial charge in [0.05, 0.1) is 17.1 Å². The molecule has 1 aromatic carbocycles. The summed E-state index contributed by atoms with van der Waals surface area (Å²) in [6, 6.07) is 7.12. The normalized spacial score (nSPS) is 13.8. The lowest BCUT2D eigenvalue weighted by molar-refractivity contribution is -0.129. The van der Waals surface area contributed by atoms with E-state index in [0.717, 1.165) is 31.5 Å². The third-order valence-corrected chi connectivity index (χ3v) is 5.96. The number of hydrogen-bond donors (Lipinski definition) is 1. The summed E-state index contributed by atoms with van der Waals surface area (Å²) in [6.07, 6.45) is 6.84. The molecule has 0 atom stereocenters. The lowest BCUT2D eigenvalue weighted by Crippen LogP contribution is -2.29. The molecule has 1 aromatic heterocycles. The molecule has 0 radical (unpaired) electrons. The Hall–Kier alpha value is -2.15. The van der Waals surface area contributed by atoms with Crippen molar-refractivity contribution in [2.24, 2.45) is 0 Å². The molecule has 0 aliphatic carbocycles. The summed E-state index contributed by atoms with van der Waals surface area (Å²) in [6.45, 7) is 9.12. The van der Waals surface area contributed by atoms with Gasteiger partial charge in [-0.3, -0.25) is 9.78 Å². The van der Waals surface area contributed by atoms with E-state index in [1.54, 1.807) is 24.4 Å². The number of benzene rings is 1. The Morgan fingerprint density at radius 3 is 2.14 bits per heavy atom. The molecule has 3 heterocycles. The predicted octanol–water partition coefficient (Wildman–Crippen LogP) is 6.89. The van der Waals surface area contributed by atoms with E-state index < -0.39 is 0 Å². The SMILES string of the molecule is C.C.C1CCNC1.CC(C)=O.Cc1ccc(Oc2ccnc(CC(=O)N3CCCC3)c2)c(Cl)c1Cl. The Balaban J connectivity index is 0.000000893. The average molecular weight is 527 g/mol. The van der Waals surface area contributed by atoms with Gasteiger partial charge in [0, 0.05) is 25.4 Å². The van der Waals surface area contributed by atoms with E-state index in [4.69, 9.17) is 27.9 Å². The number of aromatic nitrogens is 1. The van der Waals surface area contributed by atoms with Gasteiger partial charge in [0.25, 0.3) is 0 Å². The molecule has 6 nitrogen and oxygen atoms in total. The third kappa shape index (κ3) is 11.9. The van der Waals surface area contributed by atoms with Gasteiger partial charge in [-0.1, -0.05) is 44.1 Å². The fourth-order valence-electron chi connectivity index (χ4n) is 3.31. The standard InChI is InChI=1S/C18H18Cl2N2O2.C4H9N.C3H6O.2CH4/c1-12-4-5-15(18(20)17(12)19)24-14-6-7-21-13(10-14)11-16(23)22-8-2-3-9-22;1-2-4-5-3-1;1-3(2)4;;/h4-7,10H,2-3,8-9,11H2,1H3;5H,1-4H2;1-2H3;2*1H4. The monoisotopic (exact) mass is 525 g/mol. The predicted molar refractivity (Wildman–Crippen MR) is 147 cm³/mol. The van der Waals surface area contributed by atoms with Gasteiger partial charge >= 0.3 is 0 Å². The minimum absolute atomic E-state index is 0. The molecule has 8 heteroatoms. The first kappa shape index (κ1) is 32.8. The van der Waals surface area contributed by atoms with E-state index in [1.165, 1.54) is 39.8 Å². The van der Waals surface area contributed by atoms with Gasteiger partial charge < -0.3 is 19.7 Å². The lowest BCUT2D eigenvalue weighted by atomic mass is 10.2. The van der Waals surface area contributed by atoms with Gasteiger partial charge in [-0.05, 0) is 77.2 Å². The summed E-state index contributed by atoms with van der Waals surface area (Å²) in [7, 11) is 0. The summed E-state index contributed by atoms with van der Waals surface area (Å²) >= 11 is 12.4. The maximum absolute atomic E-state index is 12.2. The third-order valence-electron chi connectivity index (χ3n) is 5.00. The quantitative estimate of drug-likeness (QED) is 0.470. The number of nitrogens with one attached hydrogen (secondary N) is 1. The number of rotatable bonds is 4. The average Bonchev–Trinajstić information content (AvgIpc) is 3.51. The number of amides is 1. The molecule has 0 bridgehead atoms. The van der Waals surface area contributed by atoms with Crippen molar-refractivity contribution in [2.75, 3.05) is 26.2 Å². The van der Waals surface area contributed by atoms with Crippen LogP contribution in [0.5, 0.6) is 11.5 Å². The van der Waals surface area contributed by atoms with Crippen molar-refractivity contribution in [1.82, 2.24) is 15.2 Å². The summed E-state index contributed by atoms with van der Waals surface area (Å²) in [5.74, 6) is 1.33. The minimum Gasteiger partial charge on any atom is -0.456 e. The van der Waals surface area contributed by atoms with E-state index in [1.807, 2.05) is 17.9 Å². The zero-order valence-electron chi connectivity index (χ0n) is 19.6. The minimum atomic E-state index is 0. The maximum atomic E-state index is 12.2. The number of nitrogens with zero attached hydrogens (tertiary/aromatic N) is 2. The molecule has 1 N–H and O–H groups in total.